The predicted octanol–water partition coefficient (Wildman–Crippen LogP) is 2.22. The summed E-state index contributed by atoms with van der Waals surface area (Å²) >= 11 is 0. The zero-order chi connectivity index (χ0) is 12.0. The number of rotatable bonds is 6. The maximum atomic E-state index is 9.73. The molecule has 2 unspecified atom stereocenters. The predicted molar refractivity (Wildman–Crippen MR) is 65.5 cm³/mol. The van der Waals surface area contributed by atoms with Gasteiger partial charge in [0, 0.05) is 52.0 Å². The molecule has 2 atom stereocenters. The Bertz CT molecular complexity index is 184. The van der Waals surface area contributed by atoms with E-state index < -0.39 is 6.10 Å². The fourth-order valence-corrected chi connectivity index (χ4v) is 2.62. The van der Waals surface area contributed by atoms with Crippen molar-refractivity contribution in [2.24, 2.45) is 5.92 Å². The second-order valence-corrected chi connectivity index (χ2v) is 5.31. The summed E-state index contributed by atoms with van der Waals surface area (Å²) in [6.45, 7) is 5.04. The van der Waals surface area contributed by atoms with Crippen molar-refractivity contribution >= 4 is 0 Å². The second kappa shape index (κ2) is 10.0. The van der Waals surface area contributed by atoms with Crippen LogP contribution < -0.4 is 5.32 Å². The van der Waals surface area contributed by atoms with Crippen LogP contribution in [0.3, 0.4) is 0 Å². The largest absolute Gasteiger partial charge is 0.563 e. The standard InChI is InChI=1S/C13H26NO2.Gd/c1-10(2)14-12(13(16)9-15)8-11-6-4-3-5-7-11;/h9-16H,3-8H2,1-2H3;/q-1;. The van der Waals surface area contributed by atoms with E-state index in [0.29, 0.717) is 12.0 Å². The third-order valence-corrected chi connectivity index (χ3v) is 3.42. The summed E-state index contributed by atoms with van der Waals surface area (Å²) in [5.74, 6) is 0.708. The van der Waals surface area contributed by atoms with Gasteiger partial charge in [0.2, 0.25) is 0 Å². The van der Waals surface area contributed by atoms with Crippen LogP contribution in [0.2, 0.25) is 0 Å². The van der Waals surface area contributed by atoms with Crippen LogP contribution in [0.25, 0.3) is 0 Å². The van der Waals surface area contributed by atoms with E-state index in [1.807, 2.05) is 0 Å². The topological polar surface area (TPSA) is 52.5 Å². The van der Waals surface area contributed by atoms with Crippen molar-refractivity contribution in [1.29, 1.82) is 0 Å². The van der Waals surface area contributed by atoms with Crippen molar-refractivity contribution in [1.82, 2.24) is 5.32 Å². The van der Waals surface area contributed by atoms with E-state index in [-0.39, 0.29) is 46.0 Å². The Balaban J connectivity index is 0.00000256. The molecule has 1 aliphatic rings. The van der Waals surface area contributed by atoms with Crippen molar-refractivity contribution in [3.05, 3.63) is 6.61 Å². The van der Waals surface area contributed by atoms with Gasteiger partial charge in [-0.05, 0) is 18.4 Å². The fourth-order valence-electron chi connectivity index (χ4n) is 2.62. The maximum absolute atomic E-state index is 9.73. The molecule has 0 amide bonds. The molecule has 0 radical (unpaired) electrons. The van der Waals surface area contributed by atoms with Gasteiger partial charge < -0.3 is 15.5 Å². The first-order chi connectivity index (χ1) is 7.63. The van der Waals surface area contributed by atoms with Gasteiger partial charge in [-0.25, -0.2) is 0 Å². The second-order valence-electron chi connectivity index (χ2n) is 5.31. The molecule has 0 heterocycles. The summed E-state index contributed by atoms with van der Waals surface area (Å²) in [7, 11) is 0. The SMILES string of the molecule is CC(C)NC(CC1CCCCC1)C(O)[CH-]O.[Gd]. The van der Waals surface area contributed by atoms with E-state index in [1.165, 1.54) is 32.1 Å². The van der Waals surface area contributed by atoms with E-state index in [2.05, 4.69) is 19.2 Å². The Morgan fingerprint density at radius 3 is 2.29 bits per heavy atom. The minimum absolute atomic E-state index is 0. The summed E-state index contributed by atoms with van der Waals surface area (Å²) in [6, 6.07) is 0.330. The van der Waals surface area contributed by atoms with Crippen molar-refractivity contribution in [2.45, 2.75) is 70.6 Å². The Kier molecular flexibility index (Phi) is 10.8. The van der Waals surface area contributed by atoms with Gasteiger partial charge in [-0.2, -0.15) is 6.61 Å². The van der Waals surface area contributed by atoms with Gasteiger partial charge >= 0.3 is 0 Å². The smallest absolute Gasteiger partial charge is 0.00706 e. The molecule has 0 aromatic heterocycles. The van der Waals surface area contributed by atoms with Gasteiger partial charge in [0.25, 0.3) is 0 Å². The molecule has 1 rings (SSSR count). The van der Waals surface area contributed by atoms with Gasteiger partial charge in [-0.1, -0.05) is 46.0 Å². The van der Waals surface area contributed by atoms with Crippen LogP contribution in [0.4, 0.5) is 0 Å². The molecule has 1 fully saturated rings. The molecule has 0 aromatic carbocycles. The van der Waals surface area contributed by atoms with Crippen LogP contribution in [-0.2, 0) is 0 Å². The summed E-state index contributed by atoms with van der Waals surface area (Å²) in [6.07, 6.45) is 6.76. The zero-order valence-electron chi connectivity index (χ0n) is 10.9. The minimum Gasteiger partial charge on any atom is -0.563 e. The average Bonchev–Trinajstić information content (AvgIpc) is 2.28. The van der Waals surface area contributed by atoms with Gasteiger partial charge in [0.05, 0.1) is 0 Å². The van der Waals surface area contributed by atoms with E-state index in [9.17, 15) is 5.11 Å². The Hall–Kier alpha value is 1.20. The van der Waals surface area contributed by atoms with E-state index in [4.69, 9.17) is 5.11 Å². The first kappa shape index (κ1) is 18.2. The first-order valence-electron chi connectivity index (χ1n) is 6.55. The Morgan fingerprint density at radius 1 is 1.24 bits per heavy atom. The van der Waals surface area contributed by atoms with Crippen LogP contribution in [0, 0.1) is 52.5 Å². The minimum atomic E-state index is -0.746. The van der Waals surface area contributed by atoms with Crippen LogP contribution in [0.5, 0.6) is 0 Å². The van der Waals surface area contributed by atoms with Crippen LogP contribution >= 0.6 is 0 Å². The number of aliphatic hydroxyl groups excluding tert-OH is 2. The molecule has 3 nitrogen and oxygen atoms in total. The number of nitrogens with one attached hydrogen (secondary N) is 1. The van der Waals surface area contributed by atoms with Gasteiger partial charge in [-0.15, -0.1) is 0 Å². The maximum Gasteiger partial charge on any atom is 0.00706 e. The molecule has 0 spiro atoms. The Labute approximate surface area is 137 Å². The molecule has 1 aliphatic carbocycles. The van der Waals surface area contributed by atoms with Crippen molar-refractivity contribution in [3.63, 3.8) is 0 Å². The quantitative estimate of drug-likeness (QED) is 0.615. The molecule has 17 heavy (non-hydrogen) atoms. The Morgan fingerprint density at radius 2 is 1.82 bits per heavy atom. The van der Waals surface area contributed by atoms with Crippen molar-refractivity contribution in [3.8, 4) is 0 Å². The summed E-state index contributed by atoms with van der Waals surface area (Å²) < 4.78 is 0. The number of aliphatic hydroxyl groups is 2. The molecule has 3 N–H and O–H groups in total. The summed E-state index contributed by atoms with van der Waals surface area (Å²) in [5.41, 5.74) is 0. The van der Waals surface area contributed by atoms with Crippen molar-refractivity contribution < 1.29 is 50.2 Å². The third kappa shape index (κ3) is 7.39. The molecular weight excluding hydrogens is 359 g/mol. The number of hydrogen-bond donors (Lipinski definition) is 3. The van der Waals surface area contributed by atoms with Crippen LogP contribution in [0.1, 0.15) is 52.4 Å². The zero-order valence-corrected chi connectivity index (χ0v) is 13.1. The molecule has 0 saturated heterocycles. The molecule has 0 aliphatic heterocycles. The van der Waals surface area contributed by atoms with Crippen molar-refractivity contribution in [2.75, 3.05) is 0 Å². The van der Waals surface area contributed by atoms with Gasteiger partial charge in [-0.3, -0.25) is 0 Å². The summed E-state index contributed by atoms with van der Waals surface area (Å²) in [4.78, 5) is 0. The fraction of sp³-hybridized carbons (Fsp3) is 0.923. The molecule has 104 valence electrons. The normalized spacial score (nSPS) is 21.0. The molecular formula is C13H26GdNO2-. The third-order valence-electron chi connectivity index (χ3n) is 3.42. The van der Waals surface area contributed by atoms with E-state index in [0.717, 1.165) is 13.0 Å². The molecule has 1 saturated carbocycles. The van der Waals surface area contributed by atoms with Gasteiger partial charge in [0.1, 0.15) is 0 Å². The molecule has 4 heteroatoms. The van der Waals surface area contributed by atoms with Crippen LogP contribution in [0.15, 0.2) is 0 Å². The monoisotopic (exact) mass is 386 g/mol. The average molecular weight is 386 g/mol. The molecule has 0 aromatic rings. The first-order valence-corrected chi connectivity index (χ1v) is 6.55. The summed E-state index contributed by atoms with van der Waals surface area (Å²) in [5, 5.41) is 22.0. The van der Waals surface area contributed by atoms with E-state index >= 15 is 0 Å². The van der Waals surface area contributed by atoms with Crippen LogP contribution in [-0.4, -0.2) is 28.4 Å². The van der Waals surface area contributed by atoms with Gasteiger partial charge in [0.15, 0.2) is 0 Å². The van der Waals surface area contributed by atoms with E-state index in [1.54, 1.807) is 0 Å². The number of hydrogen-bond acceptors (Lipinski definition) is 3. The molecule has 0 bridgehead atoms.